The first-order valence-corrected chi connectivity index (χ1v) is 7.65. The molecule has 0 aliphatic heterocycles. The first-order valence-electron chi connectivity index (χ1n) is 6.07. The summed E-state index contributed by atoms with van der Waals surface area (Å²) in [6, 6.07) is 14.8. The van der Waals surface area contributed by atoms with Crippen LogP contribution in [-0.4, -0.2) is 0 Å². The molecule has 0 saturated carbocycles. The van der Waals surface area contributed by atoms with E-state index in [1.54, 1.807) is 0 Å². The average Bonchev–Trinajstić information content (AvgIpc) is 2.41. The summed E-state index contributed by atoms with van der Waals surface area (Å²) in [4.78, 5) is 0. The van der Waals surface area contributed by atoms with Gasteiger partial charge in [-0.05, 0) is 48.2 Å². The Morgan fingerprint density at radius 2 is 1.79 bits per heavy atom. The molecule has 4 heteroatoms. The van der Waals surface area contributed by atoms with E-state index in [2.05, 4.69) is 74.5 Å². The summed E-state index contributed by atoms with van der Waals surface area (Å²) in [5, 5.41) is 0. The van der Waals surface area contributed by atoms with Crippen LogP contribution in [-0.2, 0) is 6.42 Å². The molecule has 2 nitrogen and oxygen atoms in total. The Morgan fingerprint density at radius 1 is 1.11 bits per heavy atom. The summed E-state index contributed by atoms with van der Waals surface area (Å²) >= 11 is 7.01. The van der Waals surface area contributed by atoms with E-state index in [1.165, 1.54) is 16.7 Å². The molecule has 0 aliphatic carbocycles. The summed E-state index contributed by atoms with van der Waals surface area (Å²) < 4.78 is 2.20. The second kappa shape index (κ2) is 6.66. The fourth-order valence-electron chi connectivity index (χ4n) is 1.96. The third kappa shape index (κ3) is 3.89. The lowest BCUT2D eigenvalue weighted by molar-refractivity contribution is 0.551. The van der Waals surface area contributed by atoms with E-state index in [0.29, 0.717) is 0 Å². The molecule has 0 aliphatic rings. The van der Waals surface area contributed by atoms with Gasteiger partial charge in [-0.1, -0.05) is 56.1 Å². The highest BCUT2D eigenvalue weighted by atomic mass is 79.9. The molecule has 1 unspecified atom stereocenters. The smallest absolute Gasteiger partial charge is 0.0500 e. The number of hydrogen-bond acceptors (Lipinski definition) is 2. The van der Waals surface area contributed by atoms with Crippen molar-refractivity contribution >= 4 is 31.9 Å². The van der Waals surface area contributed by atoms with E-state index < -0.39 is 0 Å². The van der Waals surface area contributed by atoms with Crippen LogP contribution in [0.4, 0.5) is 0 Å². The minimum Gasteiger partial charge on any atom is -0.271 e. The summed E-state index contributed by atoms with van der Waals surface area (Å²) in [6.45, 7) is 2.08. The van der Waals surface area contributed by atoms with Crippen LogP contribution in [0.5, 0.6) is 0 Å². The van der Waals surface area contributed by atoms with E-state index in [4.69, 9.17) is 5.84 Å². The van der Waals surface area contributed by atoms with Gasteiger partial charge in [-0.25, -0.2) is 0 Å². The standard InChI is InChI=1S/C15H16Br2N2/c1-10-2-5-12(9-14(10)17)15(19-18)8-11-3-6-13(16)7-4-11/h2-7,9,15,19H,8,18H2,1H3. The molecule has 0 heterocycles. The maximum Gasteiger partial charge on any atom is 0.0500 e. The average molecular weight is 384 g/mol. The monoisotopic (exact) mass is 382 g/mol. The highest BCUT2D eigenvalue weighted by Crippen LogP contribution is 2.24. The van der Waals surface area contributed by atoms with Gasteiger partial charge in [0.1, 0.15) is 0 Å². The van der Waals surface area contributed by atoms with Crippen LogP contribution in [0.3, 0.4) is 0 Å². The van der Waals surface area contributed by atoms with Gasteiger partial charge >= 0.3 is 0 Å². The summed E-state index contributed by atoms with van der Waals surface area (Å²) in [6.07, 6.45) is 0.860. The van der Waals surface area contributed by atoms with Gasteiger partial charge in [-0.2, -0.15) is 0 Å². The Balaban J connectivity index is 2.19. The molecule has 0 spiro atoms. The maximum atomic E-state index is 5.70. The number of aryl methyl sites for hydroxylation is 1. The van der Waals surface area contributed by atoms with Crippen molar-refractivity contribution in [1.29, 1.82) is 0 Å². The normalized spacial score (nSPS) is 12.4. The van der Waals surface area contributed by atoms with Crippen molar-refractivity contribution in [3.05, 3.63) is 68.1 Å². The Kier molecular flexibility index (Phi) is 5.16. The molecule has 2 aromatic carbocycles. The van der Waals surface area contributed by atoms with Crippen molar-refractivity contribution in [2.24, 2.45) is 5.84 Å². The summed E-state index contributed by atoms with van der Waals surface area (Å²) in [5.41, 5.74) is 6.56. The third-order valence-corrected chi connectivity index (χ3v) is 4.54. The van der Waals surface area contributed by atoms with Crippen molar-refractivity contribution in [2.45, 2.75) is 19.4 Å². The van der Waals surface area contributed by atoms with Crippen molar-refractivity contribution < 1.29 is 0 Å². The number of nitrogens with two attached hydrogens (primary N) is 1. The zero-order valence-corrected chi connectivity index (χ0v) is 13.8. The Labute approximate surface area is 130 Å². The molecule has 1 atom stereocenters. The summed E-state index contributed by atoms with van der Waals surface area (Å²) in [5.74, 6) is 5.70. The fourth-order valence-corrected chi connectivity index (χ4v) is 2.62. The Bertz CT molecular complexity index is 553. The predicted octanol–water partition coefficient (Wildman–Crippen LogP) is 4.27. The number of hydrazine groups is 1. The van der Waals surface area contributed by atoms with E-state index in [9.17, 15) is 0 Å². The van der Waals surface area contributed by atoms with Gasteiger partial charge in [0.05, 0.1) is 6.04 Å². The molecule has 0 bridgehead atoms. The lowest BCUT2D eigenvalue weighted by Gasteiger charge is -2.17. The second-order valence-electron chi connectivity index (χ2n) is 4.56. The molecule has 0 fully saturated rings. The van der Waals surface area contributed by atoms with Gasteiger partial charge in [0.2, 0.25) is 0 Å². The largest absolute Gasteiger partial charge is 0.271 e. The van der Waals surface area contributed by atoms with Crippen LogP contribution < -0.4 is 11.3 Å². The molecule has 2 rings (SSSR count). The zero-order valence-electron chi connectivity index (χ0n) is 10.7. The van der Waals surface area contributed by atoms with Crippen molar-refractivity contribution in [2.75, 3.05) is 0 Å². The van der Waals surface area contributed by atoms with Crippen molar-refractivity contribution in [1.82, 2.24) is 5.43 Å². The van der Waals surface area contributed by atoms with E-state index in [1.807, 2.05) is 12.1 Å². The maximum absolute atomic E-state index is 5.70. The van der Waals surface area contributed by atoms with Gasteiger partial charge < -0.3 is 0 Å². The molecule has 0 amide bonds. The number of nitrogens with one attached hydrogen (secondary N) is 1. The van der Waals surface area contributed by atoms with Crippen LogP contribution in [0.1, 0.15) is 22.7 Å². The quantitative estimate of drug-likeness (QED) is 0.611. The number of benzene rings is 2. The molecule has 19 heavy (non-hydrogen) atoms. The van der Waals surface area contributed by atoms with E-state index >= 15 is 0 Å². The number of hydrogen-bond donors (Lipinski definition) is 2. The van der Waals surface area contributed by atoms with Gasteiger partial charge in [-0.15, -0.1) is 0 Å². The van der Waals surface area contributed by atoms with E-state index in [-0.39, 0.29) is 6.04 Å². The minimum absolute atomic E-state index is 0.109. The lowest BCUT2D eigenvalue weighted by Crippen LogP contribution is -2.29. The molecule has 100 valence electrons. The first-order chi connectivity index (χ1) is 9.10. The molecular formula is C15H16Br2N2. The van der Waals surface area contributed by atoms with Crippen molar-refractivity contribution in [3.8, 4) is 0 Å². The molecule has 0 aromatic heterocycles. The van der Waals surface area contributed by atoms with Crippen molar-refractivity contribution in [3.63, 3.8) is 0 Å². The Hall–Kier alpha value is -0.680. The molecule has 0 radical (unpaired) electrons. The molecular weight excluding hydrogens is 368 g/mol. The topological polar surface area (TPSA) is 38.0 Å². The fraction of sp³-hybridized carbons (Fsp3) is 0.200. The van der Waals surface area contributed by atoms with Gasteiger partial charge in [0, 0.05) is 8.95 Å². The first kappa shape index (κ1) is 14.7. The summed E-state index contributed by atoms with van der Waals surface area (Å²) in [7, 11) is 0. The lowest BCUT2D eigenvalue weighted by atomic mass is 9.99. The van der Waals surface area contributed by atoms with Gasteiger partial charge in [0.25, 0.3) is 0 Å². The molecule has 0 saturated heterocycles. The van der Waals surface area contributed by atoms with Crippen LogP contribution in [0, 0.1) is 6.92 Å². The van der Waals surface area contributed by atoms with E-state index in [0.717, 1.165) is 15.4 Å². The van der Waals surface area contributed by atoms with Crippen LogP contribution >= 0.6 is 31.9 Å². The SMILES string of the molecule is Cc1ccc(C(Cc2ccc(Br)cc2)NN)cc1Br. The minimum atomic E-state index is 0.109. The predicted molar refractivity (Wildman–Crippen MR) is 86.8 cm³/mol. The highest BCUT2D eigenvalue weighted by Gasteiger charge is 2.11. The second-order valence-corrected chi connectivity index (χ2v) is 6.33. The Morgan fingerprint density at radius 3 is 2.37 bits per heavy atom. The molecule has 2 aromatic rings. The third-order valence-electron chi connectivity index (χ3n) is 3.15. The number of rotatable bonds is 4. The molecule has 3 N–H and O–H groups in total. The zero-order chi connectivity index (χ0) is 13.8. The number of halogens is 2. The van der Waals surface area contributed by atoms with Crippen LogP contribution in [0.15, 0.2) is 51.4 Å². The highest BCUT2D eigenvalue weighted by molar-refractivity contribution is 9.10. The van der Waals surface area contributed by atoms with Crippen LogP contribution in [0.2, 0.25) is 0 Å². The van der Waals surface area contributed by atoms with Gasteiger partial charge in [-0.3, -0.25) is 11.3 Å². The van der Waals surface area contributed by atoms with Gasteiger partial charge in [0.15, 0.2) is 0 Å². The van der Waals surface area contributed by atoms with Crippen LogP contribution in [0.25, 0.3) is 0 Å².